The molecule has 0 radical (unpaired) electrons. The first-order valence-corrected chi connectivity index (χ1v) is 7.95. The van der Waals surface area contributed by atoms with Crippen molar-refractivity contribution in [1.29, 1.82) is 0 Å². The van der Waals surface area contributed by atoms with Gasteiger partial charge < -0.3 is 10.0 Å². The van der Waals surface area contributed by atoms with Crippen LogP contribution in [0, 0.1) is 0 Å². The number of carbonyl (C=O) groups excluding carboxylic acids is 1. The van der Waals surface area contributed by atoms with E-state index in [1.807, 2.05) is 0 Å². The molecule has 1 aliphatic heterocycles. The Morgan fingerprint density at radius 1 is 1.40 bits per heavy atom. The second-order valence-corrected chi connectivity index (χ2v) is 6.44. The van der Waals surface area contributed by atoms with Crippen molar-refractivity contribution in [2.75, 3.05) is 18.1 Å². The van der Waals surface area contributed by atoms with Gasteiger partial charge in [0.25, 0.3) is 5.91 Å². The zero-order valence-corrected chi connectivity index (χ0v) is 12.8. The lowest BCUT2D eigenvalue weighted by Crippen LogP contribution is -2.47. The Bertz CT molecular complexity index is 538. The summed E-state index contributed by atoms with van der Waals surface area (Å²) in [5.41, 5.74) is 0.321. The second-order valence-electron chi connectivity index (χ2n) is 4.45. The average molecular weight is 334 g/mol. The molecule has 1 unspecified atom stereocenters. The number of carboxylic acid groups (broad SMARTS) is 1. The van der Waals surface area contributed by atoms with Gasteiger partial charge in [0.15, 0.2) is 0 Å². The van der Waals surface area contributed by atoms with Gasteiger partial charge in [-0.2, -0.15) is 11.8 Å². The van der Waals surface area contributed by atoms with Crippen LogP contribution in [0.3, 0.4) is 0 Å². The molecule has 1 atom stereocenters. The van der Waals surface area contributed by atoms with Crippen LogP contribution in [-0.2, 0) is 4.79 Å². The maximum absolute atomic E-state index is 12.5. The van der Waals surface area contributed by atoms with Gasteiger partial charge in [0.2, 0.25) is 0 Å². The summed E-state index contributed by atoms with van der Waals surface area (Å²) in [6.07, 6.45) is -0.0586. The van der Waals surface area contributed by atoms with E-state index in [1.165, 1.54) is 6.07 Å². The van der Waals surface area contributed by atoms with E-state index < -0.39 is 5.97 Å². The van der Waals surface area contributed by atoms with Crippen LogP contribution >= 0.6 is 35.0 Å². The molecule has 0 saturated carbocycles. The fourth-order valence-electron chi connectivity index (χ4n) is 2.11. The number of benzene rings is 1. The van der Waals surface area contributed by atoms with Crippen LogP contribution in [0.1, 0.15) is 16.8 Å². The zero-order chi connectivity index (χ0) is 14.7. The highest BCUT2D eigenvalue weighted by Gasteiger charge is 2.30. The molecule has 0 spiro atoms. The third-order valence-electron chi connectivity index (χ3n) is 3.06. The molecule has 1 fully saturated rings. The van der Waals surface area contributed by atoms with Gasteiger partial charge in [0.05, 0.1) is 23.0 Å². The first kappa shape index (κ1) is 15.5. The van der Waals surface area contributed by atoms with Crippen LogP contribution in [0.4, 0.5) is 0 Å². The predicted octanol–water partition coefficient (Wildman–Crippen LogP) is 3.03. The third-order valence-corrected chi connectivity index (χ3v) is 4.71. The molecule has 0 aromatic heterocycles. The van der Waals surface area contributed by atoms with E-state index in [-0.39, 0.29) is 18.4 Å². The Balaban J connectivity index is 2.25. The Morgan fingerprint density at radius 2 is 2.15 bits per heavy atom. The first-order valence-electron chi connectivity index (χ1n) is 6.04. The number of aliphatic carboxylic acids is 1. The fraction of sp³-hybridized carbons (Fsp3) is 0.385. The minimum atomic E-state index is -0.910. The number of rotatable bonds is 3. The molecular formula is C13H13Cl2NO3S. The number of carbonyl (C=O) groups is 2. The summed E-state index contributed by atoms with van der Waals surface area (Å²) in [5.74, 6) is 0.243. The van der Waals surface area contributed by atoms with Gasteiger partial charge in [-0.05, 0) is 18.2 Å². The van der Waals surface area contributed by atoms with Gasteiger partial charge in [-0.25, -0.2) is 0 Å². The van der Waals surface area contributed by atoms with E-state index in [0.717, 1.165) is 5.75 Å². The molecule has 1 aromatic carbocycles. The van der Waals surface area contributed by atoms with Crippen LogP contribution in [0.15, 0.2) is 18.2 Å². The standard InChI is InChI=1S/C13H13Cl2NO3S/c14-8-1-2-11(15)10(5-8)13(19)16-3-4-20-7-9(16)6-12(17)18/h1-2,5,9H,3-4,6-7H2,(H,17,18). The predicted molar refractivity (Wildman–Crippen MR) is 80.9 cm³/mol. The minimum Gasteiger partial charge on any atom is -0.481 e. The number of carboxylic acids is 1. The van der Waals surface area contributed by atoms with E-state index in [9.17, 15) is 9.59 Å². The highest BCUT2D eigenvalue weighted by molar-refractivity contribution is 7.99. The Morgan fingerprint density at radius 3 is 2.85 bits per heavy atom. The number of hydrogen-bond acceptors (Lipinski definition) is 3. The van der Waals surface area contributed by atoms with Gasteiger partial charge in [-0.1, -0.05) is 23.2 Å². The molecule has 0 bridgehead atoms. The number of hydrogen-bond donors (Lipinski definition) is 1. The fourth-order valence-corrected chi connectivity index (χ4v) is 3.54. The second kappa shape index (κ2) is 6.70. The molecule has 7 heteroatoms. The SMILES string of the molecule is O=C(O)CC1CSCCN1C(=O)c1cc(Cl)ccc1Cl. The number of halogens is 2. The quantitative estimate of drug-likeness (QED) is 0.923. The highest BCUT2D eigenvalue weighted by Crippen LogP contribution is 2.26. The van der Waals surface area contributed by atoms with E-state index in [1.54, 1.807) is 28.8 Å². The van der Waals surface area contributed by atoms with Gasteiger partial charge in [-0.15, -0.1) is 0 Å². The van der Waals surface area contributed by atoms with Crippen molar-refractivity contribution in [3.05, 3.63) is 33.8 Å². The van der Waals surface area contributed by atoms with Crippen molar-refractivity contribution in [3.63, 3.8) is 0 Å². The molecule has 1 saturated heterocycles. The smallest absolute Gasteiger partial charge is 0.305 e. The lowest BCUT2D eigenvalue weighted by atomic mass is 10.1. The van der Waals surface area contributed by atoms with E-state index in [4.69, 9.17) is 28.3 Å². The summed E-state index contributed by atoms with van der Waals surface area (Å²) in [6, 6.07) is 4.39. The largest absolute Gasteiger partial charge is 0.481 e. The summed E-state index contributed by atoms with van der Waals surface area (Å²) in [7, 11) is 0. The van der Waals surface area contributed by atoms with Crippen LogP contribution in [-0.4, -0.2) is 46.0 Å². The number of amides is 1. The van der Waals surface area contributed by atoms with E-state index >= 15 is 0 Å². The van der Waals surface area contributed by atoms with Crippen molar-refractivity contribution >= 4 is 46.8 Å². The van der Waals surface area contributed by atoms with Gasteiger partial charge in [0.1, 0.15) is 0 Å². The molecular weight excluding hydrogens is 321 g/mol. The molecule has 1 aromatic rings. The first-order chi connectivity index (χ1) is 9.49. The van der Waals surface area contributed by atoms with Crippen molar-refractivity contribution < 1.29 is 14.7 Å². The van der Waals surface area contributed by atoms with Gasteiger partial charge in [-0.3, -0.25) is 9.59 Å². The molecule has 1 aliphatic rings. The maximum atomic E-state index is 12.5. The molecule has 1 heterocycles. The van der Waals surface area contributed by atoms with Crippen LogP contribution < -0.4 is 0 Å². The molecule has 4 nitrogen and oxygen atoms in total. The average Bonchev–Trinajstić information content (AvgIpc) is 2.41. The lowest BCUT2D eigenvalue weighted by molar-refractivity contribution is -0.138. The summed E-state index contributed by atoms with van der Waals surface area (Å²) < 4.78 is 0. The normalized spacial score (nSPS) is 18.9. The summed E-state index contributed by atoms with van der Waals surface area (Å²) in [4.78, 5) is 25.0. The molecule has 0 aliphatic carbocycles. The highest BCUT2D eigenvalue weighted by atomic mass is 35.5. The monoisotopic (exact) mass is 333 g/mol. The van der Waals surface area contributed by atoms with E-state index in [2.05, 4.69) is 0 Å². The van der Waals surface area contributed by atoms with Gasteiger partial charge >= 0.3 is 5.97 Å². The van der Waals surface area contributed by atoms with Crippen molar-refractivity contribution in [3.8, 4) is 0 Å². The van der Waals surface area contributed by atoms with Crippen molar-refractivity contribution in [1.82, 2.24) is 4.90 Å². The number of nitrogens with zero attached hydrogens (tertiary/aromatic N) is 1. The molecule has 1 N–H and O–H groups in total. The van der Waals surface area contributed by atoms with Crippen molar-refractivity contribution in [2.24, 2.45) is 0 Å². The molecule has 1 amide bonds. The van der Waals surface area contributed by atoms with Gasteiger partial charge in [0, 0.05) is 23.1 Å². The third kappa shape index (κ3) is 3.59. The molecule has 2 rings (SSSR count). The van der Waals surface area contributed by atoms with Crippen molar-refractivity contribution in [2.45, 2.75) is 12.5 Å². The Kier molecular flexibility index (Phi) is 5.18. The molecule has 20 heavy (non-hydrogen) atoms. The molecule has 108 valence electrons. The summed E-state index contributed by atoms with van der Waals surface area (Å²) >= 11 is 13.6. The van der Waals surface area contributed by atoms with Crippen LogP contribution in [0.25, 0.3) is 0 Å². The zero-order valence-electron chi connectivity index (χ0n) is 10.5. The maximum Gasteiger partial charge on any atom is 0.305 e. The Hall–Kier alpha value is -0.910. The number of thioether (sulfide) groups is 1. The Labute approximate surface area is 131 Å². The summed E-state index contributed by atoms with van der Waals surface area (Å²) in [6.45, 7) is 0.518. The summed E-state index contributed by atoms with van der Waals surface area (Å²) in [5, 5.41) is 9.70. The minimum absolute atomic E-state index is 0.0586. The lowest BCUT2D eigenvalue weighted by Gasteiger charge is -2.34. The van der Waals surface area contributed by atoms with Crippen LogP contribution in [0.5, 0.6) is 0 Å². The topological polar surface area (TPSA) is 57.6 Å². The van der Waals surface area contributed by atoms with Crippen LogP contribution in [0.2, 0.25) is 10.0 Å². The van der Waals surface area contributed by atoms with E-state index in [0.29, 0.717) is 27.9 Å².